The quantitative estimate of drug-likeness (QED) is 0.320. The lowest BCUT2D eigenvalue weighted by Crippen LogP contribution is -2.31. The molecule has 1 aliphatic rings. The fourth-order valence-corrected chi connectivity index (χ4v) is 0.945. The second-order valence-electron chi connectivity index (χ2n) is 2.34. The lowest BCUT2D eigenvalue weighted by atomic mass is 10.1. The Hall–Kier alpha value is -0.810. The first-order valence-electron chi connectivity index (χ1n) is 3.24. The van der Waals surface area contributed by atoms with Crippen molar-refractivity contribution >= 4 is 0 Å². The maximum Gasteiger partial charge on any atom is 0.108 e. The number of hydrogen-bond acceptors (Lipinski definition) is 4. The summed E-state index contributed by atoms with van der Waals surface area (Å²) in [5.41, 5.74) is 7.94. The summed E-state index contributed by atoms with van der Waals surface area (Å²) in [5, 5.41) is 21.3. The van der Waals surface area contributed by atoms with Gasteiger partial charge in [-0.3, -0.25) is 0 Å². The predicted octanol–water partition coefficient (Wildman–Crippen LogP) is -0.583. The first kappa shape index (κ1) is 8.29. The van der Waals surface area contributed by atoms with Gasteiger partial charge >= 0.3 is 0 Å². The van der Waals surface area contributed by atoms with Crippen LogP contribution in [0.15, 0.2) is 5.11 Å². The van der Waals surface area contributed by atoms with E-state index in [9.17, 15) is 0 Å². The minimum absolute atomic E-state index is 0.0642. The number of aliphatic hydroxyl groups excluding tert-OH is 2. The van der Waals surface area contributed by atoms with E-state index in [0.717, 1.165) is 0 Å². The molecule has 1 rings (SSSR count). The summed E-state index contributed by atoms with van der Waals surface area (Å²) in [6, 6.07) is 0. The van der Waals surface area contributed by atoms with Crippen LogP contribution in [0, 0.1) is 0 Å². The summed E-state index contributed by atoms with van der Waals surface area (Å²) in [6.45, 7) is 0.168. The van der Waals surface area contributed by atoms with Crippen LogP contribution in [0.1, 0.15) is 0 Å². The second-order valence-corrected chi connectivity index (χ2v) is 2.34. The molecular weight excluding hydrogens is 150 g/mol. The van der Waals surface area contributed by atoms with Crippen LogP contribution in [-0.2, 0) is 4.74 Å². The first-order chi connectivity index (χ1) is 5.25. The van der Waals surface area contributed by atoms with Crippen LogP contribution in [0.3, 0.4) is 0 Å². The van der Waals surface area contributed by atoms with E-state index in [2.05, 4.69) is 10.0 Å². The van der Waals surface area contributed by atoms with Gasteiger partial charge in [-0.2, -0.15) is 0 Å². The Bertz CT molecular complexity index is 180. The van der Waals surface area contributed by atoms with Gasteiger partial charge in [-0.15, -0.1) is 0 Å². The normalized spacial score (nSPS) is 36.7. The third kappa shape index (κ3) is 1.81. The standard InChI is InChI=1S/C5H9N3O3/c6-8-7-1-4-5(10)3(9)2-11-4/h3-5,9-10H,1-2H2/t3-,4+,5-/m1/s1. The van der Waals surface area contributed by atoms with Crippen molar-refractivity contribution in [2.75, 3.05) is 13.2 Å². The van der Waals surface area contributed by atoms with Crippen LogP contribution in [0.5, 0.6) is 0 Å². The van der Waals surface area contributed by atoms with E-state index < -0.39 is 18.3 Å². The monoisotopic (exact) mass is 159 g/mol. The van der Waals surface area contributed by atoms with E-state index in [1.807, 2.05) is 0 Å². The van der Waals surface area contributed by atoms with Crippen molar-refractivity contribution in [3.05, 3.63) is 10.4 Å². The molecule has 1 fully saturated rings. The molecule has 0 saturated carbocycles. The average Bonchev–Trinajstić information content (AvgIpc) is 2.31. The number of nitrogens with zero attached hydrogens (tertiary/aromatic N) is 3. The number of hydrogen-bond donors (Lipinski definition) is 2. The van der Waals surface area contributed by atoms with Crippen LogP contribution in [0.4, 0.5) is 0 Å². The Morgan fingerprint density at radius 1 is 1.64 bits per heavy atom. The van der Waals surface area contributed by atoms with Crippen LogP contribution in [-0.4, -0.2) is 41.7 Å². The fourth-order valence-electron chi connectivity index (χ4n) is 0.945. The summed E-state index contributed by atoms with van der Waals surface area (Å²) in [6.07, 6.45) is -2.34. The zero-order chi connectivity index (χ0) is 8.27. The molecule has 6 heteroatoms. The van der Waals surface area contributed by atoms with Gasteiger partial charge < -0.3 is 14.9 Å². The molecule has 1 aliphatic heterocycles. The Kier molecular flexibility index (Phi) is 2.67. The van der Waals surface area contributed by atoms with Crippen molar-refractivity contribution in [1.29, 1.82) is 0 Å². The van der Waals surface area contributed by atoms with E-state index in [1.54, 1.807) is 0 Å². The van der Waals surface area contributed by atoms with E-state index in [1.165, 1.54) is 0 Å². The zero-order valence-corrected chi connectivity index (χ0v) is 5.79. The van der Waals surface area contributed by atoms with Gasteiger partial charge in [-0.1, -0.05) is 5.11 Å². The number of ether oxygens (including phenoxy) is 1. The molecule has 6 nitrogen and oxygen atoms in total. The highest BCUT2D eigenvalue weighted by Crippen LogP contribution is 2.14. The Morgan fingerprint density at radius 2 is 2.36 bits per heavy atom. The minimum atomic E-state index is -0.930. The van der Waals surface area contributed by atoms with Crippen LogP contribution in [0.25, 0.3) is 10.4 Å². The van der Waals surface area contributed by atoms with Gasteiger partial charge in [-0.25, -0.2) is 0 Å². The maximum absolute atomic E-state index is 9.13. The highest BCUT2D eigenvalue weighted by atomic mass is 16.5. The third-order valence-corrected chi connectivity index (χ3v) is 1.58. The van der Waals surface area contributed by atoms with E-state index in [4.69, 9.17) is 20.5 Å². The Morgan fingerprint density at radius 3 is 2.82 bits per heavy atom. The lowest BCUT2D eigenvalue weighted by molar-refractivity contribution is 0.0276. The molecule has 0 spiro atoms. The SMILES string of the molecule is [N-]=[N+]=NC[C@@H]1OC[C@@H](O)[C@H]1O. The summed E-state index contributed by atoms with van der Waals surface area (Å²) in [7, 11) is 0. The van der Waals surface area contributed by atoms with Gasteiger partial charge in [-0.05, 0) is 5.53 Å². The number of aliphatic hydroxyl groups is 2. The Labute approximate surface area is 63.0 Å². The van der Waals surface area contributed by atoms with Crippen molar-refractivity contribution < 1.29 is 14.9 Å². The molecule has 0 aromatic carbocycles. The molecule has 2 N–H and O–H groups in total. The molecule has 0 aromatic rings. The van der Waals surface area contributed by atoms with Crippen molar-refractivity contribution in [3.63, 3.8) is 0 Å². The highest BCUT2D eigenvalue weighted by Gasteiger charge is 2.33. The van der Waals surface area contributed by atoms with Crippen LogP contribution < -0.4 is 0 Å². The fraction of sp³-hybridized carbons (Fsp3) is 1.00. The van der Waals surface area contributed by atoms with Gasteiger partial charge in [0.15, 0.2) is 0 Å². The first-order valence-corrected chi connectivity index (χ1v) is 3.24. The minimum Gasteiger partial charge on any atom is -0.388 e. The lowest BCUT2D eigenvalue weighted by Gasteiger charge is -2.10. The van der Waals surface area contributed by atoms with Crippen molar-refractivity contribution in [3.8, 4) is 0 Å². The molecule has 0 unspecified atom stereocenters. The molecule has 0 aromatic heterocycles. The number of azide groups is 1. The Balaban J connectivity index is 2.41. The third-order valence-electron chi connectivity index (χ3n) is 1.58. The van der Waals surface area contributed by atoms with Gasteiger partial charge in [0.25, 0.3) is 0 Å². The predicted molar refractivity (Wildman–Crippen MR) is 35.8 cm³/mol. The zero-order valence-electron chi connectivity index (χ0n) is 5.79. The van der Waals surface area contributed by atoms with E-state index in [-0.39, 0.29) is 13.2 Å². The summed E-state index contributed by atoms with van der Waals surface area (Å²) in [5.74, 6) is 0. The van der Waals surface area contributed by atoms with Gasteiger partial charge in [0.05, 0.1) is 19.3 Å². The van der Waals surface area contributed by atoms with Gasteiger partial charge in [0, 0.05) is 4.91 Å². The largest absolute Gasteiger partial charge is 0.388 e. The number of rotatable bonds is 2. The van der Waals surface area contributed by atoms with Gasteiger partial charge in [0.2, 0.25) is 0 Å². The van der Waals surface area contributed by atoms with E-state index in [0.29, 0.717) is 0 Å². The summed E-state index contributed by atoms with van der Waals surface area (Å²) in [4.78, 5) is 2.51. The molecule has 3 atom stereocenters. The maximum atomic E-state index is 9.13. The van der Waals surface area contributed by atoms with E-state index >= 15 is 0 Å². The van der Waals surface area contributed by atoms with Gasteiger partial charge in [0.1, 0.15) is 12.2 Å². The molecule has 62 valence electrons. The highest BCUT2D eigenvalue weighted by molar-refractivity contribution is 4.84. The molecule has 11 heavy (non-hydrogen) atoms. The molecule has 1 heterocycles. The second kappa shape index (κ2) is 3.54. The molecule has 0 bridgehead atoms. The van der Waals surface area contributed by atoms with Crippen LogP contribution in [0.2, 0.25) is 0 Å². The van der Waals surface area contributed by atoms with Crippen molar-refractivity contribution in [1.82, 2.24) is 0 Å². The van der Waals surface area contributed by atoms with Crippen molar-refractivity contribution in [2.24, 2.45) is 5.11 Å². The summed E-state index contributed by atoms with van der Waals surface area (Å²) < 4.78 is 4.91. The smallest absolute Gasteiger partial charge is 0.108 e. The molecule has 1 saturated heterocycles. The molecular formula is C5H9N3O3. The molecule has 0 radical (unpaired) electrons. The van der Waals surface area contributed by atoms with Crippen LogP contribution >= 0.6 is 0 Å². The van der Waals surface area contributed by atoms with Crippen molar-refractivity contribution in [2.45, 2.75) is 18.3 Å². The molecule has 0 aliphatic carbocycles. The average molecular weight is 159 g/mol. The topological polar surface area (TPSA) is 98.5 Å². The molecule has 0 amide bonds. The summed E-state index contributed by atoms with van der Waals surface area (Å²) >= 11 is 0.